The molecule has 82 valence electrons. The number of non-ortho nitro benzene ring substituents is 1. The van der Waals surface area contributed by atoms with Crippen molar-refractivity contribution in [3.63, 3.8) is 0 Å². The average molecular weight is 326 g/mol. The molecule has 0 fully saturated rings. The number of benzene rings is 2. The monoisotopic (exact) mass is 326 g/mol. The van der Waals surface area contributed by atoms with Crippen molar-refractivity contribution in [2.24, 2.45) is 0 Å². The van der Waals surface area contributed by atoms with Crippen molar-refractivity contribution in [2.75, 3.05) is 0 Å². The van der Waals surface area contributed by atoms with Gasteiger partial charge in [0.15, 0.2) is 0 Å². The van der Waals surface area contributed by atoms with Crippen molar-refractivity contribution in [3.8, 4) is 0 Å². The molecule has 0 atom stereocenters. The zero-order valence-corrected chi connectivity index (χ0v) is 10.5. The van der Waals surface area contributed by atoms with E-state index in [-0.39, 0.29) is 31.8 Å². The van der Waals surface area contributed by atoms with E-state index >= 15 is 0 Å². The molecule has 0 spiro atoms. The van der Waals surface area contributed by atoms with E-state index in [1.165, 1.54) is 7.14 Å². The zero-order chi connectivity index (χ0) is 11.4. The number of halogens is 1. The third-order valence-electron chi connectivity index (χ3n) is 1.99. The predicted octanol–water partition coefficient (Wildman–Crippen LogP) is -0.277. The number of nitro groups is 1. The van der Waals surface area contributed by atoms with Gasteiger partial charge in [0.05, 0.1) is 0 Å². The molecule has 0 bridgehead atoms. The van der Waals surface area contributed by atoms with E-state index in [4.69, 9.17) is 0 Å². The zero-order valence-electron chi connectivity index (χ0n) is 8.34. The van der Waals surface area contributed by atoms with Gasteiger partial charge >= 0.3 is 104 Å². The van der Waals surface area contributed by atoms with Crippen molar-refractivity contribution >= 4 is 5.69 Å². The molecule has 0 radical (unpaired) electrons. The van der Waals surface area contributed by atoms with E-state index in [2.05, 4.69) is 12.1 Å². The van der Waals surface area contributed by atoms with Crippen molar-refractivity contribution in [1.29, 1.82) is 0 Å². The summed E-state index contributed by atoms with van der Waals surface area (Å²) < 4.78 is 2.51. The Bertz CT molecular complexity index is 482. The van der Waals surface area contributed by atoms with Crippen molar-refractivity contribution in [3.05, 3.63) is 71.9 Å². The first kappa shape index (κ1) is 11.1. The number of hydrogen-bond acceptors (Lipinski definition) is 2. The van der Waals surface area contributed by atoms with Crippen LogP contribution in [0.2, 0.25) is 0 Å². The summed E-state index contributed by atoms with van der Waals surface area (Å²) in [5.74, 6) is 0. The SMILES string of the molecule is O=[N+]([O-])c1ccc([I-]c2ccccc2)cc1. The van der Waals surface area contributed by atoms with Crippen LogP contribution in [0.1, 0.15) is 0 Å². The van der Waals surface area contributed by atoms with Gasteiger partial charge in [-0.2, -0.15) is 0 Å². The number of nitro benzene ring substituents is 1. The first-order valence-electron chi connectivity index (χ1n) is 4.70. The second-order valence-electron chi connectivity index (χ2n) is 3.12. The summed E-state index contributed by atoms with van der Waals surface area (Å²) in [6, 6.07) is 17.0. The predicted molar refractivity (Wildman–Crippen MR) is 56.9 cm³/mol. The Morgan fingerprint density at radius 2 is 1.44 bits per heavy atom. The molecule has 2 rings (SSSR count). The molecule has 2 aromatic carbocycles. The minimum atomic E-state index is -0.370. The first-order valence-corrected chi connectivity index (χ1v) is 6.86. The third-order valence-corrected chi connectivity index (χ3v) is 4.67. The maximum absolute atomic E-state index is 10.5. The molecule has 3 nitrogen and oxygen atoms in total. The van der Waals surface area contributed by atoms with Gasteiger partial charge in [-0.05, 0) is 0 Å². The molecule has 0 heterocycles. The Kier molecular flexibility index (Phi) is 3.51. The van der Waals surface area contributed by atoms with E-state index in [1.54, 1.807) is 12.1 Å². The van der Waals surface area contributed by atoms with Gasteiger partial charge in [-0.25, -0.2) is 0 Å². The summed E-state index contributed by atoms with van der Waals surface area (Å²) >= 11 is -0.227. The molecule has 0 saturated heterocycles. The van der Waals surface area contributed by atoms with Gasteiger partial charge in [0.25, 0.3) is 0 Å². The summed E-state index contributed by atoms with van der Waals surface area (Å²) in [5.41, 5.74) is 0.154. The standard InChI is InChI=1S/C12H9INO2/c15-14(16)12-8-6-11(7-9-12)13-10-4-2-1-3-5-10/h1-9H/q-1. The second kappa shape index (κ2) is 5.07. The van der Waals surface area contributed by atoms with Gasteiger partial charge in [-0.3, -0.25) is 0 Å². The molecule has 0 amide bonds. The fourth-order valence-electron chi connectivity index (χ4n) is 1.23. The Hall–Kier alpha value is -1.43. The minimum absolute atomic E-state index is 0.154. The van der Waals surface area contributed by atoms with E-state index in [0.717, 1.165) is 0 Å². The van der Waals surface area contributed by atoms with Crippen LogP contribution in [0.25, 0.3) is 0 Å². The summed E-state index contributed by atoms with van der Waals surface area (Å²) in [6.45, 7) is 0. The molecule has 0 unspecified atom stereocenters. The van der Waals surface area contributed by atoms with Crippen molar-refractivity contribution in [1.82, 2.24) is 0 Å². The molecule has 4 heteroatoms. The van der Waals surface area contributed by atoms with Gasteiger partial charge in [0, 0.05) is 0 Å². The van der Waals surface area contributed by atoms with Crippen LogP contribution in [0.15, 0.2) is 54.6 Å². The fraction of sp³-hybridized carbons (Fsp3) is 0. The van der Waals surface area contributed by atoms with Gasteiger partial charge in [0.1, 0.15) is 0 Å². The summed E-state index contributed by atoms with van der Waals surface area (Å²) in [6.07, 6.45) is 0. The van der Waals surface area contributed by atoms with Gasteiger partial charge in [-0.15, -0.1) is 0 Å². The number of rotatable bonds is 3. The van der Waals surface area contributed by atoms with Crippen molar-refractivity contribution < 1.29 is 26.1 Å². The van der Waals surface area contributed by atoms with Crippen LogP contribution in [0, 0.1) is 17.3 Å². The van der Waals surface area contributed by atoms with Gasteiger partial charge < -0.3 is 0 Å². The Morgan fingerprint density at radius 1 is 0.875 bits per heavy atom. The van der Waals surface area contributed by atoms with E-state index in [0.29, 0.717) is 0 Å². The van der Waals surface area contributed by atoms with Crippen LogP contribution < -0.4 is 21.2 Å². The molecule has 0 aromatic heterocycles. The van der Waals surface area contributed by atoms with Crippen LogP contribution >= 0.6 is 0 Å². The van der Waals surface area contributed by atoms with Crippen molar-refractivity contribution in [2.45, 2.75) is 0 Å². The van der Waals surface area contributed by atoms with E-state index in [9.17, 15) is 10.1 Å². The molecule has 0 saturated carbocycles. The van der Waals surface area contributed by atoms with Crippen LogP contribution in [-0.4, -0.2) is 4.92 Å². The van der Waals surface area contributed by atoms with Crippen LogP contribution in [0.4, 0.5) is 5.69 Å². The average Bonchev–Trinajstić information content (AvgIpc) is 2.31. The van der Waals surface area contributed by atoms with Gasteiger partial charge in [-0.1, -0.05) is 0 Å². The third kappa shape index (κ3) is 2.79. The second-order valence-corrected chi connectivity index (χ2v) is 6.15. The normalized spacial score (nSPS) is 10.2. The maximum atomic E-state index is 10.5. The first-order chi connectivity index (χ1) is 7.75. The Morgan fingerprint density at radius 3 is 2.00 bits per heavy atom. The molecule has 0 aliphatic carbocycles. The Labute approximate surface area is 104 Å². The molecular formula is C12H9INO2-. The fourth-order valence-corrected chi connectivity index (χ4v) is 3.44. The summed E-state index contributed by atoms with van der Waals surface area (Å²) in [7, 11) is 0. The molecule has 0 N–H and O–H groups in total. The summed E-state index contributed by atoms with van der Waals surface area (Å²) in [5, 5.41) is 10.5. The van der Waals surface area contributed by atoms with Crippen LogP contribution in [0.5, 0.6) is 0 Å². The molecule has 0 aliphatic heterocycles. The summed E-state index contributed by atoms with van der Waals surface area (Å²) in [4.78, 5) is 10.1. The molecule has 0 aliphatic rings. The van der Waals surface area contributed by atoms with E-state index in [1.807, 2.05) is 30.3 Å². The van der Waals surface area contributed by atoms with Gasteiger partial charge in [0.2, 0.25) is 0 Å². The van der Waals surface area contributed by atoms with E-state index < -0.39 is 0 Å². The molecule has 2 aromatic rings. The molecular weight excluding hydrogens is 317 g/mol. The van der Waals surface area contributed by atoms with Crippen LogP contribution in [0.3, 0.4) is 0 Å². The quantitative estimate of drug-likeness (QED) is 0.443. The number of hydrogen-bond donors (Lipinski definition) is 0. The molecule has 16 heavy (non-hydrogen) atoms. The number of nitrogens with zero attached hydrogens (tertiary/aromatic N) is 1. The topological polar surface area (TPSA) is 43.1 Å². The Balaban J connectivity index is 2.14. The van der Waals surface area contributed by atoms with Crippen LogP contribution in [-0.2, 0) is 0 Å².